The van der Waals surface area contributed by atoms with Crippen molar-refractivity contribution in [2.75, 3.05) is 27.2 Å². The van der Waals surface area contributed by atoms with Gasteiger partial charge in [-0.2, -0.15) is 0 Å². The van der Waals surface area contributed by atoms with Crippen LogP contribution in [0.1, 0.15) is 29.2 Å². The fraction of sp³-hybridized carbons (Fsp3) is 0.261. The van der Waals surface area contributed by atoms with Crippen LogP contribution in [0.15, 0.2) is 60.7 Å². The van der Waals surface area contributed by atoms with Gasteiger partial charge in [0.15, 0.2) is 0 Å². The Morgan fingerprint density at radius 1 is 1.08 bits per heavy atom. The van der Waals surface area contributed by atoms with E-state index in [1.54, 1.807) is 13.0 Å². The maximum absolute atomic E-state index is 11.5. The van der Waals surface area contributed by atoms with Crippen molar-refractivity contribution in [3.05, 3.63) is 82.9 Å². The summed E-state index contributed by atoms with van der Waals surface area (Å²) in [5, 5.41) is 0. The molecule has 0 aromatic heterocycles. The van der Waals surface area contributed by atoms with E-state index in [0.29, 0.717) is 6.61 Å². The van der Waals surface area contributed by atoms with Gasteiger partial charge in [0.25, 0.3) is 0 Å². The zero-order valence-electron chi connectivity index (χ0n) is 16.0. The van der Waals surface area contributed by atoms with Crippen LogP contribution in [0.4, 0.5) is 0 Å². The Balaban J connectivity index is 2.36. The topological polar surface area (TPSA) is 29.5 Å². The predicted octanol–water partition coefficient (Wildman–Crippen LogP) is 4.56. The highest BCUT2D eigenvalue weighted by Gasteiger charge is 2.06. The smallest absolute Gasteiger partial charge is 0.330 e. The van der Waals surface area contributed by atoms with Crippen LogP contribution in [0, 0.1) is 6.92 Å². The molecule has 0 saturated carbocycles. The molecule has 26 heavy (non-hydrogen) atoms. The third-order valence-electron chi connectivity index (χ3n) is 3.92. The molecule has 0 atom stereocenters. The van der Waals surface area contributed by atoms with E-state index in [2.05, 4.69) is 68.4 Å². The minimum Gasteiger partial charge on any atom is -0.463 e. The molecule has 0 heterocycles. The van der Waals surface area contributed by atoms with E-state index in [-0.39, 0.29) is 5.97 Å². The molecule has 0 unspecified atom stereocenters. The number of likely N-dealkylation sites (N-methyl/N-ethyl adjacent to an activating group) is 1. The first-order valence-electron chi connectivity index (χ1n) is 8.87. The Morgan fingerprint density at radius 2 is 1.81 bits per heavy atom. The first kappa shape index (κ1) is 19.7. The third kappa shape index (κ3) is 6.01. The van der Waals surface area contributed by atoms with E-state index >= 15 is 0 Å². The van der Waals surface area contributed by atoms with Crippen LogP contribution >= 0.6 is 0 Å². The Bertz CT molecular complexity index is 786. The minimum absolute atomic E-state index is 0.320. The number of aryl methyl sites for hydroxylation is 1. The fourth-order valence-corrected chi connectivity index (χ4v) is 2.57. The summed E-state index contributed by atoms with van der Waals surface area (Å²) in [4.78, 5) is 13.7. The van der Waals surface area contributed by atoms with Crippen LogP contribution in [0.2, 0.25) is 0 Å². The molecular weight excluding hydrogens is 322 g/mol. The lowest BCUT2D eigenvalue weighted by Crippen LogP contribution is -2.11. The fourth-order valence-electron chi connectivity index (χ4n) is 2.57. The molecule has 2 aromatic rings. The van der Waals surface area contributed by atoms with E-state index in [0.717, 1.165) is 17.7 Å². The molecule has 0 N–H and O–H groups in total. The van der Waals surface area contributed by atoms with Gasteiger partial charge in [0.2, 0.25) is 0 Å². The number of hydrogen-bond donors (Lipinski definition) is 0. The minimum atomic E-state index is -0.320. The van der Waals surface area contributed by atoms with Crippen molar-refractivity contribution in [2.24, 2.45) is 0 Å². The number of esters is 1. The number of nitrogens with zero attached hydrogens (tertiary/aromatic N) is 1. The maximum Gasteiger partial charge on any atom is 0.330 e. The van der Waals surface area contributed by atoms with E-state index in [9.17, 15) is 4.79 Å². The molecule has 0 aliphatic carbocycles. The molecule has 0 radical (unpaired) electrons. The molecule has 3 heteroatoms. The van der Waals surface area contributed by atoms with E-state index in [4.69, 9.17) is 4.74 Å². The Kier molecular flexibility index (Phi) is 7.37. The molecule has 136 valence electrons. The molecule has 0 spiro atoms. The monoisotopic (exact) mass is 349 g/mol. The van der Waals surface area contributed by atoms with E-state index in [1.807, 2.05) is 12.1 Å². The van der Waals surface area contributed by atoms with Crippen LogP contribution in [0.5, 0.6) is 0 Å². The van der Waals surface area contributed by atoms with Gasteiger partial charge in [-0.15, -0.1) is 0 Å². The van der Waals surface area contributed by atoms with Gasteiger partial charge in [0.1, 0.15) is 0 Å². The molecule has 0 saturated heterocycles. The van der Waals surface area contributed by atoms with Crippen molar-refractivity contribution >= 4 is 17.6 Å². The summed E-state index contributed by atoms with van der Waals surface area (Å²) in [6.07, 6.45) is 5.50. The van der Waals surface area contributed by atoms with Crippen LogP contribution in [0.25, 0.3) is 11.6 Å². The second-order valence-electron chi connectivity index (χ2n) is 6.46. The zero-order valence-corrected chi connectivity index (χ0v) is 16.0. The molecule has 2 rings (SSSR count). The Morgan fingerprint density at radius 3 is 2.46 bits per heavy atom. The van der Waals surface area contributed by atoms with Gasteiger partial charge in [0, 0.05) is 12.6 Å². The lowest BCUT2D eigenvalue weighted by molar-refractivity contribution is -0.137. The average molecular weight is 349 g/mol. The summed E-state index contributed by atoms with van der Waals surface area (Å²) in [5.41, 5.74) is 5.71. The standard InChI is InChI=1S/C23H27NO2/c1-5-26-23(25)14-11-19-7-6-8-21(17-19)22(15-16-24(3)4)20-12-9-18(2)10-13-20/h6-15,17H,5,16H2,1-4H3/b14-11+,22-15?. The van der Waals surface area contributed by atoms with Crippen molar-refractivity contribution in [3.8, 4) is 0 Å². The van der Waals surface area contributed by atoms with E-state index in [1.165, 1.54) is 22.8 Å². The highest BCUT2D eigenvalue weighted by atomic mass is 16.5. The van der Waals surface area contributed by atoms with Gasteiger partial charge in [-0.3, -0.25) is 0 Å². The molecule has 2 aromatic carbocycles. The summed E-state index contributed by atoms with van der Waals surface area (Å²) in [5.74, 6) is -0.320. The Hall–Kier alpha value is -2.65. The first-order chi connectivity index (χ1) is 12.5. The molecule has 0 aliphatic heterocycles. The van der Waals surface area contributed by atoms with Gasteiger partial charge < -0.3 is 9.64 Å². The number of carbonyl (C=O) groups excluding carboxylic acids is 1. The van der Waals surface area contributed by atoms with Crippen molar-refractivity contribution in [2.45, 2.75) is 13.8 Å². The predicted molar refractivity (Wildman–Crippen MR) is 109 cm³/mol. The van der Waals surface area contributed by atoms with Crippen molar-refractivity contribution in [1.82, 2.24) is 4.90 Å². The summed E-state index contributed by atoms with van der Waals surface area (Å²) in [6.45, 7) is 5.13. The number of carbonyl (C=O) groups is 1. The number of rotatable bonds is 7. The largest absolute Gasteiger partial charge is 0.463 e. The highest BCUT2D eigenvalue weighted by molar-refractivity contribution is 5.87. The van der Waals surface area contributed by atoms with Gasteiger partial charge in [-0.25, -0.2) is 4.79 Å². The van der Waals surface area contributed by atoms with Crippen LogP contribution < -0.4 is 0 Å². The molecule has 3 nitrogen and oxygen atoms in total. The quantitative estimate of drug-likeness (QED) is 0.542. The molecule has 0 amide bonds. The van der Waals surface area contributed by atoms with Crippen LogP contribution in [0.3, 0.4) is 0 Å². The molecular formula is C23H27NO2. The SMILES string of the molecule is CCOC(=O)/C=C/c1cccc(C(=CCN(C)C)c2ccc(C)cc2)c1. The second-order valence-corrected chi connectivity index (χ2v) is 6.46. The summed E-state index contributed by atoms with van der Waals surface area (Å²) in [6, 6.07) is 16.7. The van der Waals surface area contributed by atoms with Crippen molar-refractivity contribution < 1.29 is 9.53 Å². The van der Waals surface area contributed by atoms with E-state index < -0.39 is 0 Å². The van der Waals surface area contributed by atoms with Crippen LogP contribution in [-0.4, -0.2) is 38.1 Å². The number of ether oxygens (including phenoxy) is 1. The average Bonchev–Trinajstić information content (AvgIpc) is 2.62. The first-order valence-corrected chi connectivity index (χ1v) is 8.87. The lowest BCUT2D eigenvalue weighted by Gasteiger charge is -2.12. The third-order valence-corrected chi connectivity index (χ3v) is 3.92. The molecule has 0 aliphatic rings. The van der Waals surface area contributed by atoms with Crippen LogP contribution in [-0.2, 0) is 9.53 Å². The van der Waals surface area contributed by atoms with Crippen molar-refractivity contribution in [3.63, 3.8) is 0 Å². The molecule has 0 fully saturated rings. The molecule has 0 bridgehead atoms. The summed E-state index contributed by atoms with van der Waals surface area (Å²) in [7, 11) is 4.11. The van der Waals surface area contributed by atoms with Gasteiger partial charge in [-0.1, -0.05) is 54.1 Å². The zero-order chi connectivity index (χ0) is 18.9. The second kappa shape index (κ2) is 9.73. The lowest BCUT2D eigenvalue weighted by atomic mass is 9.95. The van der Waals surface area contributed by atoms with Gasteiger partial charge in [-0.05, 0) is 62.3 Å². The number of benzene rings is 2. The van der Waals surface area contributed by atoms with Gasteiger partial charge in [0.05, 0.1) is 6.61 Å². The summed E-state index contributed by atoms with van der Waals surface area (Å²) >= 11 is 0. The summed E-state index contributed by atoms with van der Waals surface area (Å²) < 4.78 is 4.94. The normalized spacial score (nSPS) is 12.0. The van der Waals surface area contributed by atoms with Gasteiger partial charge >= 0.3 is 5.97 Å². The number of hydrogen-bond acceptors (Lipinski definition) is 3. The Labute approximate surface area is 156 Å². The maximum atomic E-state index is 11.5. The van der Waals surface area contributed by atoms with Crippen molar-refractivity contribution in [1.29, 1.82) is 0 Å². The highest BCUT2D eigenvalue weighted by Crippen LogP contribution is 2.25.